The molecule has 5 rings (SSSR count). The number of methoxy groups -OCH3 is 1. The van der Waals surface area contributed by atoms with Gasteiger partial charge in [-0.1, -0.05) is 25.1 Å². The quantitative estimate of drug-likeness (QED) is 0.593. The molecule has 0 bridgehead atoms. The molecule has 4 atom stereocenters. The second kappa shape index (κ2) is 9.48. The van der Waals surface area contributed by atoms with Crippen LogP contribution in [0.15, 0.2) is 24.5 Å². The van der Waals surface area contributed by atoms with Gasteiger partial charge in [-0.25, -0.2) is 9.67 Å². The van der Waals surface area contributed by atoms with Gasteiger partial charge in [0.25, 0.3) is 0 Å². The molecule has 2 aromatic heterocycles. The number of aromatic nitrogens is 4. The highest BCUT2D eigenvalue weighted by atomic mass is 16.5. The third kappa shape index (κ3) is 5.15. The zero-order chi connectivity index (χ0) is 22.1. The van der Waals surface area contributed by atoms with Gasteiger partial charge in [-0.2, -0.15) is 0 Å². The van der Waals surface area contributed by atoms with Crippen molar-refractivity contribution in [2.24, 2.45) is 23.7 Å². The minimum absolute atomic E-state index is 0.244. The van der Waals surface area contributed by atoms with E-state index in [1.807, 2.05) is 12.3 Å². The Morgan fingerprint density at radius 2 is 1.94 bits per heavy atom. The summed E-state index contributed by atoms with van der Waals surface area (Å²) in [7, 11) is 1.66. The molecule has 0 spiro atoms. The van der Waals surface area contributed by atoms with Gasteiger partial charge in [0.15, 0.2) is 0 Å². The van der Waals surface area contributed by atoms with Gasteiger partial charge >= 0.3 is 0 Å². The first-order chi connectivity index (χ1) is 15.6. The molecular formula is C25H37N5O2. The zero-order valence-electron chi connectivity index (χ0n) is 19.7. The molecule has 0 radical (unpaired) electrons. The second-order valence-corrected chi connectivity index (χ2v) is 10.6. The minimum Gasteiger partial charge on any atom is -0.481 e. The van der Waals surface area contributed by atoms with Crippen LogP contribution in [0.25, 0.3) is 0 Å². The molecule has 0 amide bonds. The molecule has 1 aliphatic heterocycles. The van der Waals surface area contributed by atoms with E-state index in [0.29, 0.717) is 29.7 Å². The largest absolute Gasteiger partial charge is 0.481 e. The highest BCUT2D eigenvalue weighted by molar-refractivity contribution is 5.18. The first-order valence-corrected chi connectivity index (χ1v) is 12.3. The topological polar surface area (TPSA) is 65.3 Å². The molecule has 174 valence electrons. The molecule has 0 N–H and O–H groups in total. The number of ether oxygens (including phenoxy) is 2. The van der Waals surface area contributed by atoms with Crippen molar-refractivity contribution in [3.8, 4) is 5.88 Å². The lowest BCUT2D eigenvalue weighted by Gasteiger charge is -2.37. The molecule has 0 aromatic carbocycles. The van der Waals surface area contributed by atoms with Crippen molar-refractivity contribution in [1.82, 2.24) is 24.9 Å². The molecular weight excluding hydrogens is 402 g/mol. The predicted molar refractivity (Wildman–Crippen MR) is 122 cm³/mol. The standard InChI is InChI=1S/C25H37N5O2/c1-17(2)8-22-15-30(28-27-22)23-9-20-13-29(12-19-6-7-25(31-3)26-11-19)14-21(20)10-24(23)32-16-18-4-5-18/h6-7,11,15,17-18,20-21,23-24H,4-5,8-10,12-14,16H2,1-3H3/t20-,21+,23-,24-/m1/s1. The molecule has 0 unspecified atom stereocenters. The Morgan fingerprint density at radius 3 is 2.62 bits per heavy atom. The lowest BCUT2D eigenvalue weighted by Crippen LogP contribution is -2.38. The van der Waals surface area contributed by atoms with Crippen LogP contribution in [0.2, 0.25) is 0 Å². The van der Waals surface area contributed by atoms with E-state index < -0.39 is 0 Å². The number of rotatable bonds is 9. The minimum atomic E-state index is 0.244. The van der Waals surface area contributed by atoms with Gasteiger partial charge in [-0.05, 0) is 61.3 Å². The Morgan fingerprint density at radius 1 is 1.12 bits per heavy atom. The predicted octanol–water partition coefficient (Wildman–Crippen LogP) is 3.76. The smallest absolute Gasteiger partial charge is 0.212 e. The fourth-order valence-corrected chi connectivity index (χ4v) is 5.49. The molecule has 2 aliphatic carbocycles. The van der Waals surface area contributed by atoms with Gasteiger partial charge in [0.2, 0.25) is 5.88 Å². The van der Waals surface area contributed by atoms with Gasteiger partial charge in [0.05, 0.1) is 24.9 Å². The fourth-order valence-electron chi connectivity index (χ4n) is 5.49. The zero-order valence-corrected chi connectivity index (χ0v) is 19.7. The van der Waals surface area contributed by atoms with E-state index in [9.17, 15) is 0 Å². The Labute approximate surface area is 191 Å². The van der Waals surface area contributed by atoms with Crippen molar-refractivity contribution < 1.29 is 9.47 Å². The van der Waals surface area contributed by atoms with Crippen LogP contribution < -0.4 is 4.74 Å². The van der Waals surface area contributed by atoms with Crippen LogP contribution >= 0.6 is 0 Å². The summed E-state index contributed by atoms with van der Waals surface area (Å²) in [5, 5.41) is 9.03. The molecule has 2 saturated carbocycles. The first-order valence-electron chi connectivity index (χ1n) is 12.3. The van der Waals surface area contributed by atoms with E-state index in [1.165, 1.54) is 18.4 Å². The number of nitrogens with zero attached hydrogens (tertiary/aromatic N) is 5. The Kier molecular flexibility index (Phi) is 6.47. The van der Waals surface area contributed by atoms with E-state index >= 15 is 0 Å². The van der Waals surface area contributed by atoms with Gasteiger partial charge in [-0.15, -0.1) is 5.10 Å². The highest BCUT2D eigenvalue weighted by Crippen LogP contribution is 2.43. The van der Waals surface area contributed by atoms with Crippen LogP contribution in [0.5, 0.6) is 5.88 Å². The van der Waals surface area contributed by atoms with Crippen LogP contribution in [0.1, 0.15) is 56.8 Å². The summed E-state index contributed by atoms with van der Waals surface area (Å²) in [4.78, 5) is 6.96. The number of hydrogen-bond donors (Lipinski definition) is 0. The number of likely N-dealkylation sites (tertiary alicyclic amines) is 1. The van der Waals surface area contributed by atoms with Gasteiger partial charge < -0.3 is 9.47 Å². The van der Waals surface area contributed by atoms with Gasteiger partial charge in [-0.3, -0.25) is 4.90 Å². The molecule has 1 saturated heterocycles. The summed E-state index contributed by atoms with van der Waals surface area (Å²) < 4.78 is 13.8. The molecule has 7 nitrogen and oxygen atoms in total. The molecule has 7 heteroatoms. The summed E-state index contributed by atoms with van der Waals surface area (Å²) in [6.45, 7) is 8.60. The summed E-state index contributed by atoms with van der Waals surface area (Å²) >= 11 is 0. The number of hydrogen-bond acceptors (Lipinski definition) is 6. The fraction of sp³-hybridized carbons (Fsp3) is 0.720. The van der Waals surface area contributed by atoms with Gasteiger partial charge in [0.1, 0.15) is 0 Å². The van der Waals surface area contributed by atoms with Crippen molar-refractivity contribution in [2.45, 2.75) is 64.6 Å². The lowest BCUT2D eigenvalue weighted by molar-refractivity contribution is -0.0375. The molecule has 3 fully saturated rings. The number of pyridine rings is 1. The maximum absolute atomic E-state index is 6.52. The summed E-state index contributed by atoms with van der Waals surface area (Å²) in [5.41, 5.74) is 2.35. The van der Waals surface area contributed by atoms with Crippen LogP contribution in [0.4, 0.5) is 0 Å². The van der Waals surface area contributed by atoms with E-state index in [2.05, 4.69) is 51.0 Å². The van der Waals surface area contributed by atoms with Crippen LogP contribution in [-0.4, -0.2) is 57.8 Å². The normalized spacial score (nSPS) is 28.2. The van der Waals surface area contributed by atoms with Crippen molar-refractivity contribution in [3.63, 3.8) is 0 Å². The van der Waals surface area contributed by atoms with E-state index in [0.717, 1.165) is 57.1 Å². The van der Waals surface area contributed by atoms with Crippen LogP contribution in [0.3, 0.4) is 0 Å². The summed E-state index contributed by atoms with van der Waals surface area (Å²) in [5.74, 6) is 3.42. The monoisotopic (exact) mass is 439 g/mol. The van der Waals surface area contributed by atoms with Gasteiger partial charge in [0, 0.05) is 44.7 Å². The van der Waals surface area contributed by atoms with E-state index in [-0.39, 0.29) is 6.10 Å². The average molecular weight is 440 g/mol. The summed E-state index contributed by atoms with van der Waals surface area (Å²) in [6.07, 6.45) is 10.2. The van der Waals surface area contributed by atoms with Crippen molar-refractivity contribution >= 4 is 0 Å². The maximum atomic E-state index is 6.52. The van der Waals surface area contributed by atoms with E-state index in [1.54, 1.807) is 7.11 Å². The Balaban J connectivity index is 1.26. The lowest BCUT2D eigenvalue weighted by atomic mass is 9.77. The third-order valence-electron chi connectivity index (χ3n) is 7.33. The average Bonchev–Trinajstić information content (AvgIpc) is 3.36. The number of fused-ring (bicyclic) bond motifs is 1. The SMILES string of the molecule is COc1ccc(CN2C[C@H]3C[C@@H](n4cc(CC(C)C)nn4)[C@H](OCC4CC4)C[C@H]3C2)cn1. The Bertz CT molecular complexity index is 879. The van der Waals surface area contributed by atoms with Crippen molar-refractivity contribution in [2.75, 3.05) is 26.8 Å². The van der Waals surface area contributed by atoms with Crippen molar-refractivity contribution in [1.29, 1.82) is 0 Å². The second-order valence-electron chi connectivity index (χ2n) is 10.6. The molecule has 2 aromatic rings. The van der Waals surface area contributed by atoms with Crippen molar-refractivity contribution in [3.05, 3.63) is 35.8 Å². The summed E-state index contributed by atoms with van der Waals surface area (Å²) in [6, 6.07) is 4.38. The first kappa shape index (κ1) is 21.8. The molecule has 3 heterocycles. The van der Waals surface area contributed by atoms with Crippen LogP contribution in [-0.2, 0) is 17.7 Å². The third-order valence-corrected chi connectivity index (χ3v) is 7.33. The highest BCUT2D eigenvalue weighted by Gasteiger charge is 2.44. The molecule has 3 aliphatic rings. The van der Waals surface area contributed by atoms with Crippen LogP contribution in [0, 0.1) is 23.7 Å². The van der Waals surface area contributed by atoms with E-state index in [4.69, 9.17) is 9.47 Å². The Hall–Kier alpha value is -1.99. The maximum Gasteiger partial charge on any atom is 0.212 e. The molecule has 32 heavy (non-hydrogen) atoms.